The molecule has 0 saturated carbocycles. The number of ketones is 1. The van der Waals surface area contributed by atoms with Crippen LogP contribution < -0.4 is 0 Å². The lowest BCUT2D eigenvalue weighted by atomic mass is 10.0. The van der Waals surface area contributed by atoms with Crippen LogP contribution in [0.3, 0.4) is 0 Å². The number of sulfone groups is 1. The normalized spacial score (nSPS) is 19.3. The Balaban J connectivity index is 1.96. The van der Waals surface area contributed by atoms with Gasteiger partial charge < -0.3 is 5.11 Å². The number of nitro benzene ring substituents is 1. The van der Waals surface area contributed by atoms with Crippen molar-refractivity contribution in [2.45, 2.75) is 0 Å². The van der Waals surface area contributed by atoms with Gasteiger partial charge in [0.25, 0.3) is 5.69 Å². The number of Topliss-reactive ketones (excluding diaryl/α,β-unsaturated/α-hetero) is 1. The van der Waals surface area contributed by atoms with Gasteiger partial charge in [-0.3, -0.25) is 14.9 Å². The summed E-state index contributed by atoms with van der Waals surface area (Å²) < 4.78 is 24.5. The highest BCUT2D eigenvalue weighted by molar-refractivity contribution is 7.92. The van der Waals surface area contributed by atoms with Crippen LogP contribution in [0.1, 0.15) is 11.1 Å². The van der Waals surface area contributed by atoms with Gasteiger partial charge in [0, 0.05) is 23.3 Å². The van der Waals surface area contributed by atoms with E-state index in [1.807, 2.05) is 0 Å². The van der Waals surface area contributed by atoms with Gasteiger partial charge >= 0.3 is 0 Å². The van der Waals surface area contributed by atoms with Crippen LogP contribution in [-0.2, 0) is 14.6 Å². The molecule has 1 aliphatic rings. The Bertz CT molecular complexity index is 1060. The number of phenolic OH excluding ortho intramolecular Hbond substituents is 1. The highest BCUT2D eigenvalue weighted by Gasteiger charge is 2.30. The monoisotopic (exact) mass is 385 g/mol. The van der Waals surface area contributed by atoms with Crippen molar-refractivity contribution in [1.82, 2.24) is 0 Å². The van der Waals surface area contributed by atoms with Crippen LogP contribution in [0.15, 0.2) is 59.7 Å². The van der Waals surface area contributed by atoms with Crippen LogP contribution in [0, 0.1) is 10.1 Å². The molecule has 7 nitrogen and oxygen atoms in total. The summed E-state index contributed by atoms with van der Waals surface area (Å²) in [7, 11) is -3.50. The van der Waals surface area contributed by atoms with Crippen LogP contribution in [-0.4, -0.2) is 35.7 Å². The summed E-state index contributed by atoms with van der Waals surface area (Å²) in [6, 6.07) is 11.6. The zero-order valence-corrected chi connectivity index (χ0v) is 14.8. The third-order valence-electron chi connectivity index (χ3n) is 4.01. The molecule has 0 radical (unpaired) electrons. The van der Waals surface area contributed by atoms with Crippen LogP contribution >= 0.6 is 0 Å². The molecule has 138 valence electrons. The van der Waals surface area contributed by atoms with Crippen molar-refractivity contribution in [2.24, 2.45) is 0 Å². The molecule has 8 heteroatoms. The summed E-state index contributed by atoms with van der Waals surface area (Å²) in [5.41, 5.74) is 1.26. The number of rotatable bonds is 3. The summed E-state index contributed by atoms with van der Waals surface area (Å²) in [6.45, 7) is 0. The van der Waals surface area contributed by atoms with E-state index in [-0.39, 0.29) is 39.9 Å². The van der Waals surface area contributed by atoms with E-state index >= 15 is 0 Å². The Morgan fingerprint density at radius 3 is 1.78 bits per heavy atom. The summed E-state index contributed by atoms with van der Waals surface area (Å²) in [5.74, 6) is -1.05. The second-order valence-corrected chi connectivity index (χ2v) is 8.21. The summed E-state index contributed by atoms with van der Waals surface area (Å²) in [6.07, 6.45) is 2.93. The Morgan fingerprint density at radius 1 is 0.889 bits per heavy atom. The third-order valence-corrected chi connectivity index (χ3v) is 5.51. The molecule has 0 spiro atoms. The summed E-state index contributed by atoms with van der Waals surface area (Å²) in [5, 5.41) is 20.0. The van der Waals surface area contributed by atoms with Crippen LogP contribution in [0.2, 0.25) is 0 Å². The van der Waals surface area contributed by atoms with Crippen molar-refractivity contribution in [3.63, 3.8) is 0 Å². The van der Waals surface area contributed by atoms with Crippen LogP contribution in [0.5, 0.6) is 5.75 Å². The molecule has 0 atom stereocenters. The topological polar surface area (TPSA) is 115 Å². The standard InChI is InChI=1S/C19H15NO6S/c21-18-7-3-14(4-8-18)10-16-12-27(25,26)11-15(19(16)22)9-13-1-5-17(6-2-13)20(23)24/h1-10,21H,11-12H2/b15-9+,16-10+. The second-order valence-electron chi connectivity index (χ2n) is 6.14. The number of hydrogen-bond acceptors (Lipinski definition) is 6. The minimum absolute atomic E-state index is 0.0681. The molecule has 1 fully saturated rings. The Morgan fingerprint density at radius 2 is 1.33 bits per heavy atom. The average Bonchev–Trinajstić information content (AvgIpc) is 2.61. The first kappa shape index (κ1) is 18.5. The fourth-order valence-corrected chi connectivity index (χ4v) is 4.22. The largest absolute Gasteiger partial charge is 0.508 e. The third kappa shape index (κ3) is 4.48. The second kappa shape index (κ2) is 7.16. The fraction of sp³-hybridized carbons (Fsp3) is 0.105. The van der Waals surface area contributed by atoms with E-state index in [2.05, 4.69) is 0 Å². The lowest BCUT2D eigenvalue weighted by molar-refractivity contribution is -0.384. The van der Waals surface area contributed by atoms with E-state index in [1.165, 1.54) is 48.6 Å². The molecular weight excluding hydrogens is 370 g/mol. The molecule has 2 aromatic rings. The molecule has 1 heterocycles. The molecule has 0 bridgehead atoms. The number of phenols is 1. The van der Waals surface area contributed by atoms with E-state index in [9.17, 15) is 28.4 Å². The maximum atomic E-state index is 12.7. The van der Waals surface area contributed by atoms with E-state index in [1.54, 1.807) is 12.1 Å². The van der Waals surface area contributed by atoms with Crippen molar-refractivity contribution in [3.8, 4) is 5.75 Å². The smallest absolute Gasteiger partial charge is 0.269 e. The van der Waals surface area contributed by atoms with Gasteiger partial charge in [0.05, 0.1) is 16.4 Å². The quantitative estimate of drug-likeness (QED) is 0.494. The zero-order chi connectivity index (χ0) is 19.6. The molecular formula is C19H15NO6S. The number of nitro groups is 1. The Labute approximate surface area is 155 Å². The number of hydrogen-bond donors (Lipinski definition) is 1. The zero-order valence-electron chi connectivity index (χ0n) is 14.0. The SMILES string of the molecule is O=C1/C(=C/c2ccc(O)cc2)CS(=O)(=O)C/C1=C\c1ccc([N+](=O)[O-])cc1. The first-order valence-corrected chi connectivity index (χ1v) is 9.75. The van der Waals surface area contributed by atoms with E-state index in [0.717, 1.165) is 0 Å². The Kier molecular flexibility index (Phi) is 4.91. The van der Waals surface area contributed by atoms with E-state index in [4.69, 9.17) is 0 Å². The van der Waals surface area contributed by atoms with Crippen LogP contribution in [0.4, 0.5) is 5.69 Å². The van der Waals surface area contributed by atoms with Gasteiger partial charge in [0.15, 0.2) is 15.6 Å². The number of benzene rings is 2. The first-order chi connectivity index (χ1) is 12.7. The predicted molar refractivity (Wildman–Crippen MR) is 101 cm³/mol. The van der Waals surface area contributed by atoms with Gasteiger partial charge in [-0.1, -0.05) is 12.1 Å². The molecule has 0 aromatic heterocycles. The predicted octanol–water partition coefficient (Wildman–Crippen LogP) is 2.76. The van der Waals surface area contributed by atoms with E-state index < -0.39 is 14.8 Å². The molecule has 0 unspecified atom stereocenters. The minimum atomic E-state index is -3.50. The van der Waals surface area contributed by atoms with Crippen molar-refractivity contribution in [3.05, 3.63) is 80.9 Å². The van der Waals surface area contributed by atoms with Gasteiger partial charge in [-0.15, -0.1) is 0 Å². The maximum absolute atomic E-state index is 12.7. The van der Waals surface area contributed by atoms with Crippen molar-refractivity contribution in [2.75, 3.05) is 11.5 Å². The van der Waals surface area contributed by atoms with Gasteiger partial charge in [-0.05, 0) is 47.5 Å². The minimum Gasteiger partial charge on any atom is -0.508 e. The molecule has 2 aromatic carbocycles. The summed E-state index contributed by atoms with van der Waals surface area (Å²) in [4.78, 5) is 22.9. The van der Waals surface area contributed by atoms with Gasteiger partial charge in [-0.2, -0.15) is 0 Å². The fourth-order valence-electron chi connectivity index (χ4n) is 2.74. The number of aromatic hydroxyl groups is 1. The van der Waals surface area contributed by atoms with Gasteiger partial charge in [0.2, 0.25) is 0 Å². The average molecular weight is 385 g/mol. The molecule has 27 heavy (non-hydrogen) atoms. The van der Waals surface area contributed by atoms with Crippen molar-refractivity contribution in [1.29, 1.82) is 0 Å². The molecule has 3 rings (SSSR count). The number of nitrogens with zero attached hydrogens (tertiary/aromatic N) is 1. The molecule has 1 N–H and O–H groups in total. The number of non-ortho nitro benzene ring substituents is 1. The summed E-state index contributed by atoms with van der Waals surface area (Å²) >= 11 is 0. The van der Waals surface area contributed by atoms with E-state index in [0.29, 0.717) is 11.1 Å². The van der Waals surface area contributed by atoms with Crippen LogP contribution in [0.25, 0.3) is 12.2 Å². The Hall–Kier alpha value is -3.26. The van der Waals surface area contributed by atoms with Crippen molar-refractivity contribution < 1.29 is 23.2 Å². The van der Waals surface area contributed by atoms with Gasteiger partial charge in [0.1, 0.15) is 5.75 Å². The first-order valence-electron chi connectivity index (χ1n) is 7.93. The molecule has 1 saturated heterocycles. The molecule has 0 amide bonds. The molecule has 0 aliphatic carbocycles. The maximum Gasteiger partial charge on any atom is 0.269 e. The number of carbonyl (C=O) groups is 1. The lowest BCUT2D eigenvalue weighted by Gasteiger charge is -2.17. The van der Waals surface area contributed by atoms with Crippen molar-refractivity contribution >= 4 is 33.5 Å². The number of carbonyl (C=O) groups excluding carboxylic acids is 1. The highest BCUT2D eigenvalue weighted by atomic mass is 32.2. The lowest BCUT2D eigenvalue weighted by Crippen LogP contribution is -2.28. The molecule has 1 aliphatic heterocycles. The highest BCUT2D eigenvalue weighted by Crippen LogP contribution is 2.24. The van der Waals surface area contributed by atoms with Gasteiger partial charge in [-0.25, -0.2) is 8.42 Å².